The molecule has 0 spiro atoms. The summed E-state index contributed by atoms with van der Waals surface area (Å²) in [7, 11) is 2.10. The second-order valence-corrected chi connectivity index (χ2v) is 4.85. The highest BCUT2D eigenvalue weighted by molar-refractivity contribution is 5.82. The molecule has 1 fully saturated rings. The summed E-state index contributed by atoms with van der Waals surface area (Å²) in [6.45, 7) is 2.05. The van der Waals surface area contributed by atoms with E-state index in [4.69, 9.17) is 4.74 Å². The third kappa shape index (κ3) is 2.11. The number of pyridine rings is 1. The molecule has 0 bridgehead atoms. The second-order valence-electron chi connectivity index (χ2n) is 4.85. The molecule has 0 amide bonds. The molecule has 1 N–H and O–H groups in total. The maximum Gasteiger partial charge on any atom is 0.255 e. The van der Waals surface area contributed by atoms with E-state index in [0.717, 1.165) is 30.6 Å². The van der Waals surface area contributed by atoms with E-state index in [9.17, 15) is 4.79 Å². The van der Waals surface area contributed by atoms with Crippen LogP contribution in [-0.4, -0.2) is 36.1 Å². The number of ether oxygens (including phenoxy) is 1. The number of benzene rings is 1. The van der Waals surface area contributed by atoms with Crippen LogP contribution in [0.1, 0.15) is 6.42 Å². The van der Waals surface area contributed by atoms with Crippen molar-refractivity contribution in [2.75, 3.05) is 20.1 Å². The number of H-pyrrole nitrogens is 1. The molecule has 3 rings (SSSR count). The van der Waals surface area contributed by atoms with Crippen LogP contribution in [0.15, 0.2) is 35.3 Å². The quantitative estimate of drug-likeness (QED) is 0.873. The highest BCUT2D eigenvalue weighted by atomic mass is 16.5. The maximum atomic E-state index is 11.6. The third-order valence-corrected chi connectivity index (χ3v) is 3.40. The molecule has 4 heteroatoms. The Morgan fingerprint density at radius 3 is 3.06 bits per heavy atom. The SMILES string of the molecule is CN1CCC(Oc2ccc3c(=O)[nH]ccc3c2)C1. The lowest BCUT2D eigenvalue weighted by Crippen LogP contribution is -2.21. The van der Waals surface area contributed by atoms with Crippen molar-refractivity contribution in [2.45, 2.75) is 12.5 Å². The van der Waals surface area contributed by atoms with Crippen molar-refractivity contribution in [3.05, 3.63) is 40.8 Å². The van der Waals surface area contributed by atoms with Gasteiger partial charge in [-0.2, -0.15) is 0 Å². The van der Waals surface area contributed by atoms with Gasteiger partial charge in [0.25, 0.3) is 5.56 Å². The first kappa shape index (κ1) is 11.3. The van der Waals surface area contributed by atoms with E-state index in [1.165, 1.54) is 0 Å². The Balaban J connectivity index is 1.87. The molecule has 1 saturated heterocycles. The predicted octanol–water partition coefficient (Wildman–Crippen LogP) is 1.61. The molecule has 1 atom stereocenters. The van der Waals surface area contributed by atoms with Crippen molar-refractivity contribution in [3.63, 3.8) is 0 Å². The number of fused-ring (bicyclic) bond motifs is 1. The molecule has 18 heavy (non-hydrogen) atoms. The van der Waals surface area contributed by atoms with Gasteiger partial charge in [0, 0.05) is 24.7 Å². The summed E-state index contributed by atoms with van der Waals surface area (Å²) in [5, 5.41) is 1.62. The molecule has 4 nitrogen and oxygen atoms in total. The monoisotopic (exact) mass is 244 g/mol. The van der Waals surface area contributed by atoms with Gasteiger partial charge in [-0.05, 0) is 43.1 Å². The van der Waals surface area contributed by atoms with E-state index in [-0.39, 0.29) is 11.7 Å². The topological polar surface area (TPSA) is 45.3 Å². The first-order valence-electron chi connectivity index (χ1n) is 6.19. The molecule has 1 aliphatic heterocycles. The molecule has 0 saturated carbocycles. The Labute approximate surface area is 105 Å². The minimum atomic E-state index is -0.0559. The zero-order valence-electron chi connectivity index (χ0n) is 10.3. The third-order valence-electron chi connectivity index (χ3n) is 3.40. The van der Waals surface area contributed by atoms with Gasteiger partial charge in [0.15, 0.2) is 0 Å². The maximum absolute atomic E-state index is 11.6. The van der Waals surface area contributed by atoms with Crippen LogP contribution in [0.2, 0.25) is 0 Å². The van der Waals surface area contributed by atoms with E-state index in [1.807, 2.05) is 24.3 Å². The largest absolute Gasteiger partial charge is 0.489 e. The van der Waals surface area contributed by atoms with E-state index >= 15 is 0 Å². The van der Waals surface area contributed by atoms with E-state index in [0.29, 0.717) is 5.39 Å². The number of nitrogens with zero attached hydrogens (tertiary/aromatic N) is 1. The predicted molar refractivity (Wildman–Crippen MR) is 71.1 cm³/mol. The summed E-state index contributed by atoms with van der Waals surface area (Å²) in [6.07, 6.45) is 2.98. The Morgan fingerprint density at radius 2 is 2.28 bits per heavy atom. The van der Waals surface area contributed by atoms with Crippen molar-refractivity contribution in [1.29, 1.82) is 0 Å². The zero-order valence-corrected chi connectivity index (χ0v) is 10.3. The Morgan fingerprint density at radius 1 is 1.39 bits per heavy atom. The minimum Gasteiger partial charge on any atom is -0.489 e. The molecule has 1 aromatic heterocycles. The lowest BCUT2D eigenvalue weighted by atomic mass is 10.1. The number of aromatic nitrogens is 1. The smallest absolute Gasteiger partial charge is 0.255 e. The summed E-state index contributed by atoms with van der Waals surface area (Å²) in [6, 6.07) is 7.52. The van der Waals surface area contributed by atoms with E-state index in [2.05, 4.69) is 16.9 Å². The zero-order chi connectivity index (χ0) is 12.5. The molecule has 1 aromatic carbocycles. The minimum absolute atomic E-state index is 0.0559. The van der Waals surface area contributed by atoms with Gasteiger partial charge in [0.2, 0.25) is 0 Å². The number of likely N-dealkylation sites (tertiary alicyclic amines) is 1. The normalized spacial score (nSPS) is 20.4. The first-order chi connectivity index (χ1) is 8.72. The van der Waals surface area contributed by atoms with Crippen LogP contribution in [0.25, 0.3) is 10.8 Å². The highest BCUT2D eigenvalue weighted by Gasteiger charge is 2.20. The van der Waals surface area contributed by atoms with Crippen LogP contribution in [-0.2, 0) is 0 Å². The van der Waals surface area contributed by atoms with Gasteiger partial charge < -0.3 is 14.6 Å². The van der Waals surface area contributed by atoms with Gasteiger partial charge in [0.1, 0.15) is 11.9 Å². The lowest BCUT2D eigenvalue weighted by molar-refractivity contribution is 0.208. The summed E-state index contributed by atoms with van der Waals surface area (Å²) < 4.78 is 5.94. The van der Waals surface area contributed by atoms with Gasteiger partial charge in [-0.15, -0.1) is 0 Å². The van der Waals surface area contributed by atoms with Gasteiger partial charge in [-0.3, -0.25) is 4.79 Å². The highest BCUT2D eigenvalue weighted by Crippen LogP contribution is 2.21. The Hall–Kier alpha value is -1.81. The van der Waals surface area contributed by atoms with Crippen molar-refractivity contribution in [2.24, 2.45) is 0 Å². The van der Waals surface area contributed by atoms with Crippen LogP contribution < -0.4 is 10.3 Å². The van der Waals surface area contributed by atoms with Gasteiger partial charge in [-0.25, -0.2) is 0 Å². The van der Waals surface area contributed by atoms with E-state index in [1.54, 1.807) is 6.20 Å². The summed E-state index contributed by atoms with van der Waals surface area (Å²) in [5.41, 5.74) is -0.0559. The van der Waals surface area contributed by atoms with Crippen molar-refractivity contribution >= 4 is 10.8 Å². The molecular weight excluding hydrogens is 228 g/mol. The number of hydrogen-bond donors (Lipinski definition) is 1. The Kier molecular flexibility index (Phi) is 2.80. The Bertz CT molecular complexity index is 620. The number of rotatable bonds is 2. The van der Waals surface area contributed by atoms with Crippen molar-refractivity contribution in [3.8, 4) is 5.75 Å². The lowest BCUT2D eigenvalue weighted by Gasteiger charge is -2.14. The fourth-order valence-electron chi connectivity index (χ4n) is 2.43. The summed E-state index contributed by atoms with van der Waals surface area (Å²) in [5.74, 6) is 0.841. The fraction of sp³-hybridized carbons (Fsp3) is 0.357. The van der Waals surface area contributed by atoms with Crippen LogP contribution in [0.3, 0.4) is 0 Å². The molecule has 2 aromatic rings. The average Bonchev–Trinajstić information content (AvgIpc) is 2.75. The molecule has 94 valence electrons. The number of nitrogens with one attached hydrogen (secondary N) is 1. The van der Waals surface area contributed by atoms with Gasteiger partial charge in [-0.1, -0.05) is 0 Å². The first-order valence-corrected chi connectivity index (χ1v) is 6.19. The van der Waals surface area contributed by atoms with Gasteiger partial charge in [0.05, 0.1) is 0 Å². The molecule has 0 aliphatic carbocycles. The molecule has 1 unspecified atom stereocenters. The molecule has 2 heterocycles. The molecule has 1 aliphatic rings. The van der Waals surface area contributed by atoms with Crippen LogP contribution in [0.4, 0.5) is 0 Å². The standard InChI is InChI=1S/C14H16N2O2/c1-16-7-5-12(9-16)18-11-2-3-13-10(8-11)4-6-15-14(13)17/h2-4,6,8,12H,5,7,9H2,1H3,(H,15,17). The van der Waals surface area contributed by atoms with Crippen LogP contribution in [0.5, 0.6) is 5.75 Å². The number of aromatic amines is 1. The number of hydrogen-bond acceptors (Lipinski definition) is 3. The summed E-state index contributed by atoms with van der Waals surface area (Å²) in [4.78, 5) is 16.5. The number of likely N-dealkylation sites (N-methyl/N-ethyl adjacent to an activating group) is 1. The van der Waals surface area contributed by atoms with Crippen molar-refractivity contribution < 1.29 is 4.74 Å². The average molecular weight is 244 g/mol. The molecule has 0 radical (unpaired) electrons. The fourth-order valence-corrected chi connectivity index (χ4v) is 2.43. The van der Waals surface area contributed by atoms with Crippen LogP contribution in [0, 0.1) is 0 Å². The van der Waals surface area contributed by atoms with Crippen molar-refractivity contribution in [1.82, 2.24) is 9.88 Å². The van der Waals surface area contributed by atoms with Crippen LogP contribution >= 0.6 is 0 Å². The second kappa shape index (κ2) is 4.46. The van der Waals surface area contributed by atoms with E-state index < -0.39 is 0 Å². The van der Waals surface area contributed by atoms with Gasteiger partial charge >= 0.3 is 0 Å². The molecular formula is C14H16N2O2. The summed E-state index contributed by atoms with van der Waals surface area (Å²) >= 11 is 0.